The summed E-state index contributed by atoms with van der Waals surface area (Å²) in [5, 5.41) is 2.81. The molecule has 0 aliphatic rings. The molecule has 3 aromatic rings. The molecule has 3 rings (SSSR count). The van der Waals surface area contributed by atoms with Gasteiger partial charge in [0.1, 0.15) is 5.75 Å². The highest BCUT2D eigenvalue weighted by molar-refractivity contribution is 9.10. The molecule has 1 N–H and O–H groups in total. The number of rotatable bonds is 7. The van der Waals surface area contributed by atoms with Crippen LogP contribution in [0.25, 0.3) is 0 Å². The summed E-state index contributed by atoms with van der Waals surface area (Å²) >= 11 is 3.39. The molecule has 0 spiro atoms. The van der Waals surface area contributed by atoms with Crippen LogP contribution in [0, 0.1) is 0 Å². The highest BCUT2D eigenvalue weighted by Crippen LogP contribution is 2.23. The average Bonchev–Trinajstić information content (AvgIpc) is 2.75. The van der Waals surface area contributed by atoms with Gasteiger partial charge in [-0.15, -0.1) is 0 Å². The van der Waals surface area contributed by atoms with E-state index >= 15 is 0 Å². The van der Waals surface area contributed by atoms with Crippen LogP contribution in [0.5, 0.6) is 11.6 Å². The zero-order valence-electron chi connectivity index (χ0n) is 16.8. The van der Waals surface area contributed by atoms with E-state index in [9.17, 15) is 9.59 Å². The zero-order valence-corrected chi connectivity index (χ0v) is 18.3. The molecular formula is C23H22BrN3O3. The van der Waals surface area contributed by atoms with E-state index in [0.29, 0.717) is 41.5 Å². The maximum absolute atomic E-state index is 12.5. The number of pyridine rings is 1. The standard InChI is InChI=1S/C23H22BrN3O3/c1-3-27(4-2)23(29)16-8-11-19(12-9-16)26-22(28)17-10-13-21(25-15-17)30-20-7-5-6-18(24)14-20/h5-15H,3-4H2,1-2H3,(H,26,28). The Morgan fingerprint density at radius 3 is 2.30 bits per heavy atom. The first-order chi connectivity index (χ1) is 14.5. The second kappa shape index (κ2) is 10.0. The summed E-state index contributed by atoms with van der Waals surface area (Å²) in [6, 6.07) is 17.6. The molecule has 0 aliphatic carbocycles. The van der Waals surface area contributed by atoms with Crippen molar-refractivity contribution in [2.75, 3.05) is 18.4 Å². The van der Waals surface area contributed by atoms with Gasteiger partial charge in [-0.05, 0) is 62.4 Å². The molecule has 2 amide bonds. The summed E-state index contributed by atoms with van der Waals surface area (Å²) in [4.78, 5) is 30.8. The summed E-state index contributed by atoms with van der Waals surface area (Å²) in [5.74, 6) is 0.722. The predicted octanol–water partition coefficient (Wildman–Crippen LogP) is 5.37. The van der Waals surface area contributed by atoms with Gasteiger partial charge in [-0.3, -0.25) is 9.59 Å². The second-order valence-electron chi connectivity index (χ2n) is 6.45. The van der Waals surface area contributed by atoms with Gasteiger partial charge < -0.3 is 15.0 Å². The van der Waals surface area contributed by atoms with Gasteiger partial charge in [-0.1, -0.05) is 22.0 Å². The molecule has 0 radical (unpaired) electrons. The van der Waals surface area contributed by atoms with Crippen LogP contribution >= 0.6 is 15.9 Å². The average molecular weight is 468 g/mol. The lowest BCUT2D eigenvalue weighted by atomic mass is 10.1. The lowest BCUT2D eigenvalue weighted by Crippen LogP contribution is -2.30. The van der Waals surface area contributed by atoms with Gasteiger partial charge in [-0.2, -0.15) is 0 Å². The maximum Gasteiger partial charge on any atom is 0.257 e. The molecule has 1 heterocycles. The third-order valence-electron chi connectivity index (χ3n) is 4.46. The molecule has 2 aromatic carbocycles. The number of amides is 2. The number of anilines is 1. The minimum atomic E-state index is -0.292. The van der Waals surface area contributed by atoms with Crippen LogP contribution in [0.1, 0.15) is 34.6 Å². The molecule has 0 atom stereocenters. The Balaban J connectivity index is 1.62. The number of nitrogens with zero attached hydrogens (tertiary/aromatic N) is 2. The van der Waals surface area contributed by atoms with Crippen LogP contribution in [0.2, 0.25) is 0 Å². The van der Waals surface area contributed by atoms with Crippen LogP contribution in [0.4, 0.5) is 5.69 Å². The Hall–Kier alpha value is -3.19. The van der Waals surface area contributed by atoms with E-state index < -0.39 is 0 Å². The predicted molar refractivity (Wildman–Crippen MR) is 120 cm³/mol. The summed E-state index contributed by atoms with van der Waals surface area (Å²) < 4.78 is 6.58. The van der Waals surface area contributed by atoms with Gasteiger partial charge in [0.05, 0.1) is 5.56 Å². The van der Waals surface area contributed by atoms with Crippen molar-refractivity contribution in [2.24, 2.45) is 0 Å². The van der Waals surface area contributed by atoms with E-state index in [1.54, 1.807) is 41.3 Å². The van der Waals surface area contributed by atoms with Crippen molar-refractivity contribution in [3.63, 3.8) is 0 Å². The van der Waals surface area contributed by atoms with Crippen LogP contribution < -0.4 is 10.1 Å². The largest absolute Gasteiger partial charge is 0.439 e. The summed E-state index contributed by atoms with van der Waals surface area (Å²) in [6.45, 7) is 5.20. The number of hydrogen-bond acceptors (Lipinski definition) is 4. The number of carbonyl (C=O) groups excluding carboxylic acids is 2. The van der Waals surface area contributed by atoms with Crippen LogP contribution in [-0.4, -0.2) is 34.8 Å². The van der Waals surface area contributed by atoms with Crippen molar-refractivity contribution >= 4 is 33.4 Å². The lowest BCUT2D eigenvalue weighted by molar-refractivity contribution is 0.0773. The number of halogens is 1. The number of carbonyl (C=O) groups is 2. The van der Waals surface area contributed by atoms with E-state index in [4.69, 9.17) is 4.74 Å². The van der Waals surface area contributed by atoms with Crippen molar-refractivity contribution in [3.8, 4) is 11.6 Å². The Morgan fingerprint density at radius 1 is 1.00 bits per heavy atom. The van der Waals surface area contributed by atoms with E-state index in [0.717, 1.165) is 4.47 Å². The fourth-order valence-corrected chi connectivity index (χ4v) is 3.20. The normalized spacial score (nSPS) is 10.4. The first-order valence-corrected chi connectivity index (χ1v) is 10.4. The number of nitrogens with one attached hydrogen (secondary N) is 1. The molecule has 0 unspecified atom stereocenters. The number of benzene rings is 2. The zero-order chi connectivity index (χ0) is 21.5. The van der Waals surface area contributed by atoms with Crippen molar-refractivity contribution in [1.82, 2.24) is 9.88 Å². The Kier molecular flexibility index (Phi) is 7.19. The molecule has 0 aliphatic heterocycles. The molecule has 154 valence electrons. The van der Waals surface area contributed by atoms with Crippen molar-refractivity contribution in [1.29, 1.82) is 0 Å². The van der Waals surface area contributed by atoms with Crippen molar-refractivity contribution in [3.05, 3.63) is 82.5 Å². The molecule has 7 heteroatoms. The highest BCUT2D eigenvalue weighted by Gasteiger charge is 2.13. The van der Waals surface area contributed by atoms with Gasteiger partial charge in [0.15, 0.2) is 0 Å². The van der Waals surface area contributed by atoms with Crippen LogP contribution in [0.3, 0.4) is 0 Å². The third kappa shape index (κ3) is 5.45. The first-order valence-electron chi connectivity index (χ1n) is 9.60. The van der Waals surface area contributed by atoms with Gasteiger partial charge in [0.25, 0.3) is 11.8 Å². The topological polar surface area (TPSA) is 71.5 Å². The van der Waals surface area contributed by atoms with E-state index in [2.05, 4.69) is 26.2 Å². The minimum absolute atomic E-state index is 0.0249. The molecule has 0 fully saturated rings. The smallest absolute Gasteiger partial charge is 0.257 e. The Bertz CT molecular complexity index is 1020. The second-order valence-corrected chi connectivity index (χ2v) is 7.37. The van der Waals surface area contributed by atoms with Gasteiger partial charge in [0, 0.05) is 41.1 Å². The van der Waals surface area contributed by atoms with Crippen LogP contribution in [0.15, 0.2) is 71.3 Å². The van der Waals surface area contributed by atoms with Crippen molar-refractivity contribution < 1.29 is 14.3 Å². The molecule has 0 bridgehead atoms. The SMILES string of the molecule is CCN(CC)C(=O)c1ccc(NC(=O)c2ccc(Oc3cccc(Br)c3)nc2)cc1. The lowest BCUT2D eigenvalue weighted by Gasteiger charge is -2.18. The maximum atomic E-state index is 12.5. The van der Waals surface area contributed by atoms with Crippen molar-refractivity contribution in [2.45, 2.75) is 13.8 Å². The molecule has 30 heavy (non-hydrogen) atoms. The van der Waals surface area contributed by atoms with Gasteiger partial charge >= 0.3 is 0 Å². The minimum Gasteiger partial charge on any atom is -0.439 e. The molecule has 1 aromatic heterocycles. The highest BCUT2D eigenvalue weighted by atomic mass is 79.9. The Labute approximate surface area is 184 Å². The summed E-state index contributed by atoms with van der Waals surface area (Å²) in [5.41, 5.74) is 1.60. The summed E-state index contributed by atoms with van der Waals surface area (Å²) in [7, 11) is 0. The van der Waals surface area contributed by atoms with E-state index in [-0.39, 0.29) is 11.8 Å². The van der Waals surface area contributed by atoms with Crippen LogP contribution in [-0.2, 0) is 0 Å². The van der Waals surface area contributed by atoms with Gasteiger partial charge in [-0.25, -0.2) is 4.98 Å². The van der Waals surface area contributed by atoms with E-state index in [1.165, 1.54) is 6.20 Å². The molecule has 0 saturated carbocycles. The number of hydrogen-bond donors (Lipinski definition) is 1. The summed E-state index contributed by atoms with van der Waals surface area (Å²) in [6.07, 6.45) is 1.46. The molecular weight excluding hydrogens is 446 g/mol. The molecule has 6 nitrogen and oxygen atoms in total. The quantitative estimate of drug-likeness (QED) is 0.506. The fourth-order valence-electron chi connectivity index (χ4n) is 2.82. The number of ether oxygens (including phenoxy) is 1. The number of aromatic nitrogens is 1. The fraction of sp³-hybridized carbons (Fsp3) is 0.174. The third-order valence-corrected chi connectivity index (χ3v) is 4.95. The Morgan fingerprint density at radius 2 is 1.70 bits per heavy atom. The monoisotopic (exact) mass is 467 g/mol. The first kappa shape index (κ1) is 21.5. The molecule has 0 saturated heterocycles. The van der Waals surface area contributed by atoms with E-state index in [1.807, 2.05) is 38.1 Å². The van der Waals surface area contributed by atoms with Gasteiger partial charge in [0.2, 0.25) is 5.88 Å².